The second-order valence-corrected chi connectivity index (χ2v) is 6.39. The lowest BCUT2D eigenvalue weighted by atomic mass is 10.0. The van der Waals surface area contributed by atoms with Crippen LogP contribution in [0.1, 0.15) is 38.7 Å². The van der Waals surface area contributed by atoms with Gasteiger partial charge in [0.1, 0.15) is 0 Å². The van der Waals surface area contributed by atoms with E-state index < -0.39 is 0 Å². The van der Waals surface area contributed by atoms with Crippen molar-refractivity contribution in [1.82, 2.24) is 14.8 Å². The van der Waals surface area contributed by atoms with Gasteiger partial charge in [-0.25, -0.2) is 0 Å². The normalized spacial score (nSPS) is 17.3. The molecular formula is C19H29N3O. The molecule has 1 aliphatic heterocycles. The number of rotatable bonds is 6. The first-order valence-electron chi connectivity index (χ1n) is 8.67. The Morgan fingerprint density at radius 2 is 2.00 bits per heavy atom. The van der Waals surface area contributed by atoms with Gasteiger partial charge in [0.05, 0.1) is 0 Å². The average molecular weight is 315 g/mol. The van der Waals surface area contributed by atoms with Crippen molar-refractivity contribution in [2.24, 2.45) is 0 Å². The number of pyridine rings is 1. The zero-order valence-electron chi connectivity index (χ0n) is 14.7. The van der Waals surface area contributed by atoms with Crippen molar-refractivity contribution in [3.8, 4) is 0 Å². The second kappa shape index (κ2) is 8.82. The highest BCUT2D eigenvalue weighted by molar-refractivity contribution is 5.92. The molecule has 0 radical (unpaired) electrons. The van der Waals surface area contributed by atoms with Crippen molar-refractivity contribution in [2.45, 2.75) is 45.6 Å². The first kappa shape index (κ1) is 17.7. The van der Waals surface area contributed by atoms with E-state index in [1.807, 2.05) is 37.3 Å². The van der Waals surface area contributed by atoms with Gasteiger partial charge < -0.3 is 9.80 Å². The summed E-state index contributed by atoms with van der Waals surface area (Å²) in [6.07, 6.45) is 9.85. The Hall–Kier alpha value is -1.68. The number of likely N-dealkylation sites (N-methyl/N-ethyl adjacent to an activating group) is 1. The molecule has 4 heteroatoms. The predicted octanol–water partition coefficient (Wildman–Crippen LogP) is 2.90. The Labute approximate surface area is 140 Å². The molecule has 4 nitrogen and oxygen atoms in total. The van der Waals surface area contributed by atoms with Gasteiger partial charge >= 0.3 is 0 Å². The fraction of sp³-hybridized carbons (Fsp3) is 0.579. The van der Waals surface area contributed by atoms with Crippen LogP contribution in [0.2, 0.25) is 0 Å². The minimum Gasteiger partial charge on any atom is -0.339 e. The van der Waals surface area contributed by atoms with Crippen LogP contribution in [-0.2, 0) is 11.2 Å². The number of aromatic nitrogens is 1. The maximum Gasteiger partial charge on any atom is 0.249 e. The van der Waals surface area contributed by atoms with Crippen molar-refractivity contribution in [1.29, 1.82) is 0 Å². The summed E-state index contributed by atoms with van der Waals surface area (Å²) >= 11 is 0. The number of amides is 1. The van der Waals surface area contributed by atoms with Crippen LogP contribution >= 0.6 is 0 Å². The third-order valence-electron chi connectivity index (χ3n) is 4.74. The number of likely N-dealkylation sites (tertiary alicyclic amines) is 1. The molecule has 0 bridgehead atoms. The molecule has 1 saturated heterocycles. The number of carbonyl (C=O) groups excluding carboxylic acids is 1. The number of hydrogen-bond acceptors (Lipinski definition) is 3. The largest absolute Gasteiger partial charge is 0.339 e. The molecule has 0 saturated carbocycles. The lowest BCUT2D eigenvalue weighted by molar-refractivity contribution is -0.128. The summed E-state index contributed by atoms with van der Waals surface area (Å²) in [5.41, 5.74) is 2.21. The van der Waals surface area contributed by atoms with Crippen LogP contribution in [0.5, 0.6) is 0 Å². The summed E-state index contributed by atoms with van der Waals surface area (Å²) in [5, 5.41) is 0. The van der Waals surface area contributed by atoms with Crippen LogP contribution in [0.25, 0.3) is 0 Å². The smallest absolute Gasteiger partial charge is 0.249 e. The fourth-order valence-corrected chi connectivity index (χ4v) is 3.20. The SMILES string of the molecule is CCC=C(C)C(=O)N(C)C1CCN(CCc2ccncc2)CC1. The summed E-state index contributed by atoms with van der Waals surface area (Å²) in [6.45, 7) is 7.22. The lowest BCUT2D eigenvalue weighted by Crippen LogP contribution is -2.46. The van der Waals surface area contributed by atoms with Gasteiger partial charge in [-0.15, -0.1) is 0 Å². The monoisotopic (exact) mass is 315 g/mol. The molecule has 126 valence electrons. The van der Waals surface area contributed by atoms with Crippen LogP contribution in [0, 0.1) is 0 Å². The zero-order valence-corrected chi connectivity index (χ0v) is 14.7. The average Bonchev–Trinajstić information content (AvgIpc) is 2.60. The van der Waals surface area contributed by atoms with Crippen LogP contribution < -0.4 is 0 Å². The standard InChI is InChI=1S/C19H29N3O/c1-4-5-16(2)19(23)21(3)18-9-14-22(15-10-18)13-8-17-6-11-20-12-7-17/h5-7,11-12,18H,4,8-10,13-15H2,1-3H3. The Kier molecular flexibility index (Phi) is 6.78. The molecule has 0 aliphatic carbocycles. The van der Waals surface area contributed by atoms with Crippen LogP contribution in [0.3, 0.4) is 0 Å². The molecule has 0 spiro atoms. The van der Waals surface area contributed by atoms with E-state index in [-0.39, 0.29) is 5.91 Å². The van der Waals surface area contributed by atoms with Gasteiger partial charge in [-0.2, -0.15) is 0 Å². The molecule has 1 amide bonds. The molecule has 23 heavy (non-hydrogen) atoms. The summed E-state index contributed by atoms with van der Waals surface area (Å²) in [4.78, 5) is 20.9. The molecule has 1 fully saturated rings. The van der Waals surface area contributed by atoms with E-state index in [2.05, 4.69) is 28.9 Å². The van der Waals surface area contributed by atoms with Gasteiger partial charge in [-0.1, -0.05) is 13.0 Å². The van der Waals surface area contributed by atoms with Crippen LogP contribution in [0.4, 0.5) is 0 Å². The minimum absolute atomic E-state index is 0.182. The molecule has 0 atom stereocenters. The molecule has 1 aliphatic rings. The molecule has 1 aromatic heterocycles. The highest BCUT2D eigenvalue weighted by atomic mass is 16.2. The number of piperidine rings is 1. The number of allylic oxidation sites excluding steroid dienone is 1. The summed E-state index contributed by atoms with van der Waals surface area (Å²) in [7, 11) is 1.95. The van der Waals surface area contributed by atoms with E-state index in [9.17, 15) is 4.79 Å². The van der Waals surface area contributed by atoms with Gasteiger partial charge in [-0.05, 0) is 50.3 Å². The van der Waals surface area contributed by atoms with Crippen molar-refractivity contribution in [2.75, 3.05) is 26.7 Å². The predicted molar refractivity (Wildman–Crippen MR) is 94.2 cm³/mol. The van der Waals surface area contributed by atoms with Crippen LogP contribution in [-0.4, -0.2) is 53.4 Å². The van der Waals surface area contributed by atoms with E-state index in [1.54, 1.807) is 0 Å². The Morgan fingerprint density at radius 1 is 1.35 bits per heavy atom. The summed E-state index contributed by atoms with van der Waals surface area (Å²) in [6, 6.07) is 4.55. The molecule has 2 heterocycles. The minimum atomic E-state index is 0.182. The second-order valence-electron chi connectivity index (χ2n) is 6.39. The number of carbonyl (C=O) groups is 1. The topological polar surface area (TPSA) is 36.4 Å². The zero-order chi connectivity index (χ0) is 16.7. The van der Waals surface area contributed by atoms with Gasteiger partial charge in [0.2, 0.25) is 5.91 Å². The summed E-state index contributed by atoms with van der Waals surface area (Å²) in [5.74, 6) is 0.182. The molecule has 0 N–H and O–H groups in total. The third-order valence-corrected chi connectivity index (χ3v) is 4.74. The summed E-state index contributed by atoms with van der Waals surface area (Å²) < 4.78 is 0. The quantitative estimate of drug-likeness (QED) is 0.757. The fourth-order valence-electron chi connectivity index (χ4n) is 3.20. The first-order chi connectivity index (χ1) is 11.1. The van der Waals surface area contributed by atoms with Crippen LogP contribution in [0.15, 0.2) is 36.2 Å². The van der Waals surface area contributed by atoms with Crippen molar-refractivity contribution >= 4 is 5.91 Å². The lowest BCUT2D eigenvalue weighted by Gasteiger charge is -2.37. The van der Waals surface area contributed by atoms with Crippen molar-refractivity contribution in [3.63, 3.8) is 0 Å². The van der Waals surface area contributed by atoms with Crippen molar-refractivity contribution in [3.05, 3.63) is 41.7 Å². The van der Waals surface area contributed by atoms with E-state index in [0.29, 0.717) is 6.04 Å². The molecule has 1 aromatic rings. The highest BCUT2D eigenvalue weighted by Crippen LogP contribution is 2.17. The Balaban J connectivity index is 1.77. The number of hydrogen-bond donors (Lipinski definition) is 0. The van der Waals surface area contributed by atoms with Crippen molar-refractivity contribution < 1.29 is 4.79 Å². The van der Waals surface area contributed by atoms with Gasteiger partial charge in [-0.3, -0.25) is 9.78 Å². The van der Waals surface area contributed by atoms with E-state index in [0.717, 1.165) is 50.9 Å². The first-order valence-corrected chi connectivity index (χ1v) is 8.67. The number of nitrogens with zero attached hydrogens (tertiary/aromatic N) is 3. The molecule has 2 rings (SSSR count). The van der Waals surface area contributed by atoms with Gasteiger partial charge in [0, 0.05) is 50.7 Å². The maximum absolute atomic E-state index is 12.4. The van der Waals surface area contributed by atoms with Gasteiger partial charge in [0.25, 0.3) is 0 Å². The van der Waals surface area contributed by atoms with E-state index >= 15 is 0 Å². The Morgan fingerprint density at radius 3 is 2.61 bits per heavy atom. The molecule has 0 aromatic carbocycles. The Bertz CT molecular complexity index is 519. The molecular weight excluding hydrogens is 286 g/mol. The third kappa shape index (κ3) is 5.17. The van der Waals surface area contributed by atoms with E-state index in [1.165, 1.54) is 5.56 Å². The van der Waals surface area contributed by atoms with E-state index in [4.69, 9.17) is 0 Å². The molecule has 0 unspecified atom stereocenters. The highest BCUT2D eigenvalue weighted by Gasteiger charge is 2.25. The maximum atomic E-state index is 12.4. The van der Waals surface area contributed by atoms with Gasteiger partial charge in [0.15, 0.2) is 0 Å².